The van der Waals surface area contributed by atoms with E-state index in [4.69, 9.17) is 0 Å². The van der Waals surface area contributed by atoms with Crippen LogP contribution in [0.1, 0.15) is 45.7 Å². The van der Waals surface area contributed by atoms with Gasteiger partial charge in [0.05, 0.1) is 0 Å². The molecule has 1 N–H and O–H groups in total. The maximum atomic E-state index is 4.33. The van der Waals surface area contributed by atoms with E-state index < -0.39 is 0 Å². The van der Waals surface area contributed by atoms with Gasteiger partial charge in [-0.2, -0.15) is 0 Å². The Labute approximate surface area is 112 Å². The molecule has 1 aromatic rings. The smallest absolute Gasteiger partial charge is 0.0404 e. The normalized spacial score (nSPS) is 12.2. The lowest BCUT2D eigenvalue weighted by Gasteiger charge is -2.12. The minimum absolute atomic E-state index is 0.601. The second-order valence-electron chi connectivity index (χ2n) is 5.14. The lowest BCUT2D eigenvalue weighted by molar-refractivity contribution is 0.508. The highest BCUT2D eigenvalue weighted by Gasteiger charge is 1.99. The van der Waals surface area contributed by atoms with E-state index in [1.165, 1.54) is 24.1 Å². The van der Waals surface area contributed by atoms with Crippen molar-refractivity contribution in [2.24, 2.45) is 0 Å². The van der Waals surface area contributed by atoms with Crippen LogP contribution < -0.4 is 5.32 Å². The van der Waals surface area contributed by atoms with Gasteiger partial charge >= 0.3 is 0 Å². The van der Waals surface area contributed by atoms with E-state index in [2.05, 4.69) is 49.3 Å². The van der Waals surface area contributed by atoms with E-state index in [1.807, 2.05) is 12.3 Å². The van der Waals surface area contributed by atoms with Crippen molar-refractivity contribution in [1.29, 1.82) is 0 Å². The number of aromatic nitrogens is 1. The van der Waals surface area contributed by atoms with Crippen molar-refractivity contribution in [1.82, 2.24) is 10.3 Å². The molecule has 0 bridgehead atoms. The van der Waals surface area contributed by atoms with Crippen LogP contribution in [-0.4, -0.2) is 17.6 Å². The van der Waals surface area contributed by atoms with Gasteiger partial charge in [-0.05, 0) is 65.1 Å². The molecule has 0 saturated heterocycles. The summed E-state index contributed by atoms with van der Waals surface area (Å²) in [5, 5.41) is 3.57. The highest BCUT2D eigenvalue weighted by Crippen LogP contribution is 2.02. The number of allylic oxidation sites excluding steroid dienone is 2. The number of aryl methyl sites for hydroxylation is 1. The summed E-state index contributed by atoms with van der Waals surface area (Å²) in [4.78, 5) is 4.33. The maximum Gasteiger partial charge on any atom is 0.0404 e. The summed E-state index contributed by atoms with van der Waals surface area (Å²) >= 11 is 0. The average Bonchev–Trinajstić information content (AvgIpc) is 2.35. The summed E-state index contributed by atoms with van der Waals surface area (Å²) in [6.07, 6.45) is 8.79. The van der Waals surface area contributed by atoms with E-state index in [0.29, 0.717) is 6.04 Å². The largest absolute Gasteiger partial charge is 0.314 e. The third kappa shape index (κ3) is 7.23. The molecule has 0 unspecified atom stereocenters. The molecule has 0 amide bonds. The molecule has 1 aromatic heterocycles. The minimum Gasteiger partial charge on any atom is -0.314 e. The van der Waals surface area contributed by atoms with Crippen LogP contribution in [0.4, 0.5) is 0 Å². The number of rotatable bonds is 8. The van der Waals surface area contributed by atoms with Gasteiger partial charge in [-0.3, -0.25) is 4.98 Å². The molecule has 2 nitrogen and oxygen atoms in total. The van der Waals surface area contributed by atoms with Gasteiger partial charge in [0, 0.05) is 17.9 Å². The van der Waals surface area contributed by atoms with Gasteiger partial charge in [-0.15, -0.1) is 0 Å². The fraction of sp³-hybridized carbons (Fsp3) is 0.562. The zero-order valence-electron chi connectivity index (χ0n) is 11.9. The van der Waals surface area contributed by atoms with Crippen molar-refractivity contribution in [3.8, 4) is 0 Å². The lowest BCUT2D eigenvalue weighted by Crippen LogP contribution is -2.27. The minimum atomic E-state index is 0.601. The third-order valence-electron chi connectivity index (χ3n) is 2.98. The molecule has 0 aliphatic rings. The van der Waals surface area contributed by atoms with Crippen LogP contribution >= 0.6 is 0 Å². The zero-order valence-corrected chi connectivity index (χ0v) is 11.9. The quantitative estimate of drug-likeness (QED) is 0.558. The first-order chi connectivity index (χ1) is 8.68. The molecule has 0 aliphatic carbocycles. The van der Waals surface area contributed by atoms with Crippen LogP contribution in [0.3, 0.4) is 0 Å². The molecule has 1 heterocycles. The predicted octanol–water partition coefficient (Wildman–Crippen LogP) is 3.74. The first-order valence-electron chi connectivity index (χ1n) is 6.95. The summed E-state index contributed by atoms with van der Waals surface area (Å²) in [6, 6.07) is 6.72. The highest BCUT2D eigenvalue weighted by molar-refractivity contribution is 5.03. The van der Waals surface area contributed by atoms with Gasteiger partial charge in [-0.1, -0.05) is 17.7 Å². The van der Waals surface area contributed by atoms with Gasteiger partial charge in [-0.25, -0.2) is 0 Å². The molecule has 0 fully saturated rings. The van der Waals surface area contributed by atoms with Crippen molar-refractivity contribution >= 4 is 0 Å². The first-order valence-corrected chi connectivity index (χ1v) is 6.95. The van der Waals surface area contributed by atoms with Gasteiger partial charge in [0.1, 0.15) is 0 Å². The monoisotopic (exact) mass is 246 g/mol. The van der Waals surface area contributed by atoms with E-state index in [0.717, 1.165) is 19.4 Å². The fourth-order valence-electron chi connectivity index (χ4n) is 1.89. The highest BCUT2D eigenvalue weighted by atomic mass is 14.9. The van der Waals surface area contributed by atoms with Crippen LogP contribution in [-0.2, 0) is 6.42 Å². The van der Waals surface area contributed by atoms with Crippen LogP contribution in [0.5, 0.6) is 0 Å². The molecule has 0 spiro atoms. The van der Waals surface area contributed by atoms with Gasteiger partial charge in [0.2, 0.25) is 0 Å². The average molecular weight is 246 g/mol. The Hall–Kier alpha value is -1.15. The number of hydrogen-bond donors (Lipinski definition) is 1. The number of nitrogens with zero attached hydrogens (tertiary/aromatic N) is 1. The molecule has 0 radical (unpaired) electrons. The third-order valence-corrected chi connectivity index (χ3v) is 2.98. The molecule has 0 aliphatic heterocycles. The van der Waals surface area contributed by atoms with Crippen LogP contribution in [0.15, 0.2) is 36.0 Å². The summed E-state index contributed by atoms with van der Waals surface area (Å²) in [7, 11) is 0. The van der Waals surface area contributed by atoms with Crippen LogP contribution in [0.25, 0.3) is 0 Å². The standard InChI is InChI=1S/C16H26N2/c1-14(2)8-6-9-15(3)17-13-7-11-16-10-4-5-12-18-16/h4-5,8,10,12,15,17H,6-7,9,11,13H2,1-3H3/t15-/m1/s1. The zero-order chi connectivity index (χ0) is 13.2. The van der Waals surface area contributed by atoms with Crippen LogP contribution in [0, 0.1) is 0 Å². The lowest BCUT2D eigenvalue weighted by atomic mass is 10.1. The van der Waals surface area contributed by atoms with Gasteiger partial charge in [0.15, 0.2) is 0 Å². The second-order valence-corrected chi connectivity index (χ2v) is 5.14. The Morgan fingerprint density at radius 2 is 2.22 bits per heavy atom. The van der Waals surface area contributed by atoms with E-state index in [9.17, 15) is 0 Å². The van der Waals surface area contributed by atoms with Crippen molar-refractivity contribution in [2.45, 2.75) is 52.5 Å². The van der Waals surface area contributed by atoms with Gasteiger partial charge < -0.3 is 5.32 Å². The Balaban J connectivity index is 2.05. The number of hydrogen-bond acceptors (Lipinski definition) is 2. The van der Waals surface area contributed by atoms with Gasteiger partial charge in [0.25, 0.3) is 0 Å². The van der Waals surface area contributed by atoms with E-state index in [-0.39, 0.29) is 0 Å². The summed E-state index contributed by atoms with van der Waals surface area (Å²) < 4.78 is 0. The topological polar surface area (TPSA) is 24.9 Å². The van der Waals surface area contributed by atoms with E-state index >= 15 is 0 Å². The van der Waals surface area contributed by atoms with Crippen molar-refractivity contribution in [2.75, 3.05) is 6.54 Å². The molecule has 0 saturated carbocycles. The number of pyridine rings is 1. The molecule has 1 atom stereocenters. The first kappa shape index (κ1) is 14.9. The Bertz CT molecular complexity index is 339. The Kier molecular flexibility index (Phi) is 7.35. The van der Waals surface area contributed by atoms with Crippen molar-refractivity contribution in [3.05, 3.63) is 41.7 Å². The summed E-state index contributed by atoms with van der Waals surface area (Å²) in [5.41, 5.74) is 2.61. The SMILES string of the molecule is CC(C)=CCC[C@@H](C)NCCCc1ccccn1. The van der Waals surface area contributed by atoms with Crippen molar-refractivity contribution < 1.29 is 0 Å². The maximum absolute atomic E-state index is 4.33. The molecule has 2 heteroatoms. The van der Waals surface area contributed by atoms with E-state index in [1.54, 1.807) is 0 Å². The molecule has 100 valence electrons. The summed E-state index contributed by atoms with van der Waals surface area (Å²) in [5.74, 6) is 0. The summed E-state index contributed by atoms with van der Waals surface area (Å²) in [6.45, 7) is 7.65. The molecule has 18 heavy (non-hydrogen) atoms. The molecular formula is C16H26N2. The molecule has 1 rings (SSSR count). The fourth-order valence-corrected chi connectivity index (χ4v) is 1.89. The Morgan fingerprint density at radius 3 is 2.89 bits per heavy atom. The van der Waals surface area contributed by atoms with Crippen molar-refractivity contribution in [3.63, 3.8) is 0 Å². The van der Waals surface area contributed by atoms with Crippen LogP contribution in [0.2, 0.25) is 0 Å². The number of nitrogens with one attached hydrogen (secondary N) is 1. The Morgan fingerprint density at radius 1 is 1.39 bits per heavy atom. The predicted molar refractivity (Wildman–Crippen MR) is 78.7 cm³/mol. The molecule has 0 aromatic carbocycles. The molecular weight excluding hydrogens is 220 g/mol. The second kappa shape index (κ2) is 8.87.